The minimum absolute atomic E-state index is 0.0969. The molecule has 7 nitrogen and oxygen atoms in total. The highest BCUT2D eigenvalue weighted by Gasteiger charge is 2.29. The third-order valence-corrected chi connectivity index (χ3v) is 5.06. The van der Waals surface area contributed by atoms with Gasteiger partial charge in [0.2, 0.25) is 5.75 Å². The van der Waals surface area contributed by atoms with Gasteiger partial charge in [0, 0.05) is 37.1 Å². The molecule has 0 spiro atoms. The van der Waals surface area contributed by atoms with Gasteiger partial charge in [-0.2, -0.15) is 0 Å². The second-order valence-corrected chi connectivity index (χ2v) is 6.53. The Morgan fingerprint density at radius 3 is 2.75 bits per heavy atom. The van der Waals surface area contributed by atoms with Crippen LogP contribution in [0.25, 0.3) is 0 Å². The fraction of sp³-hybridized carbons (Fsp3) is 0.375. The minimum atomic E-state index is -0.579. The van der Waals surface area contributed by atoms with E-state index in [0.717, 1.165) is 36.6 Å². The lowest BCUT2D eigenvalue weighted by molar-refractivity contribution is -0.386. The number of piperazine rings is 1. The van der Waals surface area contributed by atoms with E-state index in [1.807, 2.05) is 17.5 Å². The van der Waals surface area contributed by atoms with Crippen LogP contribution in [0.1, 0.15) is 16.5 Å². The van der Waals surface area contributed by atoms with E-state index in [0.29, 0.717) is 0 Å². The number of phenols is 1. The van der Waals surface area contributed by atoms with Crippen molar-refractivity contribution in [3.8, 4) is 11.5 Å². The Bertz CT molecular complexity index is 714. The van der Waals surface area contributed by atoms with Crippen LogP contribution in [-0.2, 0) is 0 Å². The average Bonchev–Trinajstić information content (AvgIpc) is 3.11. The number of methoxy groups -OCH3 is 1. The Balaban J connectivity index is 2.10. The van der Waals surface area contributed by atoms with Crippen LogP contribution in [0.2, 0.25) is 0 Å². The molecule has 8 heteroatoms. The molecule has 0 radical (unpaired) electrons. The van der Waals surface area contributed by atoms with Crippen molar-refractivity contribution in [1.29, 1.82) is 0 Å². The van der Waals surface area contributed by atoms with Gasteiger partial charge in [-0.3, -0.25) is 15.0 Å². The van der Waals surface area contributed by atoms with E-state index in [1.54, 1.807) is 17.4 Å². The summed E-state index contributed by atoms with van der Waals surface area (Å²) in [4.78, 5) is 14.1. The molecule has 3 rings (SSSR count). The lowest BCUT2D eigenvalue weighted by Gasteiger charge is -2.34. The van der Waals surface area contributed by atoms with Gasteiger partial charge in [-0.05, 0) is 23.1 Å². The van der Waals surface area contributed by atoms with Crippen LogP contribution in [0.5, 0.6) is 11.5 Å². The molecule has 2 aromatic rings. The molecule has 1 aliphatic heterocycles. The molecular formula is C16H19N3O4S. The summed E-state index contributed by atoms with van der Waals surface area (Å²) in [5.74, 6) is -0.313. The lowest BCUT2D eigenvalue weighted by Crippen LogP contribution is -2.45. The van der Waals surface area contributed by atoms with E-state index >= 15 is 0 Å². The van der Waals surface area contributed by atoms with Gasteiger partial charge < -0.3 is 15.2 Å². The Labute approximate surface area is 143 Å². The highest BCUT2D eigenvalue weighted by atomic mass is 32.1. The van der Waals surface area contributed by atoms with E-state index < -0.39 is 10.7 Å². The van der Waals surface area contributed by atoms with E-state index in [-0.39, 0.29) is 17.5 Å². The third kappa shape index (κ3) is 3.21. The smallest absolute Gasteiger partial charge is 0.315 e. The normalized spacial score (nSPS) is 16.7. The van der Waals surface area contributed by atoms with Gasteiger partial charge >= 0.3 is 5.69 Å². The predicted molar refractivity (Wildman–Crippen MR) is 91.9 cm³/mol. The number of nitro groups is 1. The zero-order chi connectivity index (χ0) is 17.1. The molecule has 128 valence electrons. The molecule has 2 N–H and O–H groups in total. The number of nitrogens with zero attached hydrogens (tertiary/aromatic N) is 2. The summed E-state index contributed by atoms with van der Waals surface area (Å²) in [6.07, 6.45) is 0. The van der Waals surface area contributed by atoms with Gasteiger partial charge in [0.1, 0.15) is 0 Å². The number of thiophene rings is 1. The third-order valence-electron chi connectivity index (χ3n) is 4.14. The predicted octanol–water partition coefficient (Wildman–Crippen LogP) is 2.37. The summed E-state index contributed by atoms with van der Waals surface area (Å²) in [7, 11) is 1.40. The van der Waals surface area contributed by atoms with Crippen molar-refractivity contribution in [2.45, 2.75) is 6.04 Å². The van der Waals surface area contributed by atoms with Crippen LogP contribution in [0, 0.1) is 10.1 Å². The van der Waals surface area contributed by atoms with E-state index in [9.17, 15) is 15.2 Å². The number of hydrogen-bond donors (Lipinski definition) is 2. The molecule has 0 unspecified atom stereocenters. The SMILES string of the molecule is COc1cc([C@@H](c2cccs2)N2CCNCC2)cc([N+](=O)[O-])c1O. The highest BCUT2D eigenvalue weighted by molar-refractivity contribution is 7.10. The van der Waals surface area contributed by atoms with Crippen molar-refractivity contribution in [2.24, 2.45) is 0 Å². The van der Waals surface area contributed by atoms with Gasteiger partial charge in [-0.15, -0.1) is 11.3 Å². The second-order valence-electron chi connectivity index (χ2n) is 5.55. The number of ether oxygens (including phenoxy) is 1. The van der Waals surface area contributed by atoms with E-state index in [1.165, 1.54) is 13.2 Å². The lowest BCUT2D eigenvalue weighted by atomic mass is 10.0. The number of nitro benzene ring substituents is 1. The highest BCUT2D eigenvalue weighted by Crippen LogP contribution is 2.42. The summed E-state index contributed by atoms with van der Waals surface area (Å²) in [6.45, 7) is 3.44. The molecular weight excluding hydrogens is 330 g/mol. The molecule has 1 fully saturated rings. The van der Waals surface area contributed by atoms with Crippen molar-refractivity contribution >= 4 is 17.0 Å². The number of nitrogens with one attached hydrogen (secondary N) is 1. The first kappa shape index (κ1) is 16.7. The number of phenolic OH excluding ortho intramolecular Hbond substituents is 1. The summed E-state index contributed by atoms with van der Waals surface area (Å²) >= 11 is 1.62. The number of hydrogen-bond acceptors (Lipinski definition) is 7. The Morgan fingerprint density at radius 1 is 1.42 bits per heavy atom. The molecule has 24 heavy (non-hydrogen) atoms. The fourth-order valence-electron chi connectivity index (χ4n) is 3.01. The van der Waals surface area contributed by atoms with Crippen LogP contribution in [0.15, 0.2) is 29.6 Å². The van der Waals surface area contributed by atoms with E-state index in [2.05, 4.69) is 10.2 Å². The number of aromatic hydroxyl groups is 1. The molecule has 0 bridgehead atoms. The molecule has 0 aliphatic carbocycles. The summed E-state index contributed by atoms with van der Waals surface area (Å²) in [6, 6.07) is 7.04. The molecule has 1 aromatic heterocycles. The molecule has 1 saturated heterocycles. The van der Waals surface area contributed by atoms with Crippen molar-refractivity contribution in [3.05, 3.63) is 50.2 Å². The number of rotatable bonds is 5. The van der Waals surface area contributed by atoms with Gasteiger partial charge in [0.15, 0.2) is 5.75 Å². The molecule has 2 heterocycles. The Morgan fingerprint density at radius 2 is 2.17 bits per heavy atom. The van der Waals surface area contributed by atoms with Gasteiger partial charge in [0.05, 0.1) is 18.1 Å². The van der Waals surface area contributed by atoms with Gasteiger partial charge in [-0.1, -0.05) is 6.07 Å². The van der Waals surface area contributed by atoms with Crippen LogP contribution >= 0.6 is 11.3 Å². The van der Waals surface area contributed by atoms with Crippen LogP contribution in [0.4, 0.5) is 5.69 Å². The maximum atomic E-state index is 11.3. The zero-order valence-corrected chi connectivity index (χ0v) is 14.1. The maximum Gasteiger partial charge on any atom is 0.315 e. The van der Waals surface area contributed by atoms with Gasteiger partial charge in [0.25, 0.3) is 0 Å². The van der Waals surface area contributed by atoms with Crippen LogP contribution < -0.4 is 10.1 Å². The maximum absolute atomic E-state index is 11.3. The van der Waals surface area contributed by atoms with Crippen molar-refractivity contribution < 1.29 is 14.8 Å². The van der Waals surface area contributed by atoms with Crippen LogP contribution in [0.3, 0.4) is 0 Å². The molecule has 0 amide bonds. The molecule has 1 aliphatic rings. The monoisotopic (exact) mass is 349 g/mol. The standard InChI is InChI=1S/C16H19N3O4S/c1-23-13-10-11(9-12(16(13)20)19(21)22)15(14-3-2-8-24-14)18-6-4-17-5-7-18/h2-3,8-10,15,17,20H,4-7H2,1H3/t15-/m0/s1. The van der Waals surface area contributed by atoms with Crippen LogP contribution in [-0.4, -0.2) is 48.2 Å². The van der Waals surface area contributed by atoms with Crippen molar-refractivity contribution in [2.75, 3.05) is 33.3 Å². The Kier molecular flexibility index (Phi) is 4.98. The quantitative estimate of drug-likeness (QED) is 0.636. The molecule has 1 aromatic carbocycles. The van der Waals surface area contributed by atoms with E-state index in [4.69, 9.17) is 4.74 Å². The fourth-order valence-corrected chi connectivity index (χ4v) is 3.89. The van der Waals surface area contributed by atoms with Crippen molar-refractivity contribution in [1.82, 2.24) is 10.2 Å². The van der Waals surface area contributed by atoms with Gasteiger partial charge in [-0.25, -0.2) is 0 Å². The molecule has 1 atom stereocenters. The molecule has 0 saturated carbocycles. The first-order chi connectivity index (χ1) is 11.6. The largest absolute Gasteiger partial charge is 0.500 e. The summed E-state index contributed by atoms with van der Waals surface area (Å²) in [5, 5.41) is 26.6. The van der Waals surface area contributed by atoms with Crippen molar-refractivity contribution in [3.63, 3.8) is 0 Å². The average molecular weight is 349 g/mol. The second kappa shape index (κ2) is 7.16. The topological polar surface area (TPSA) is 87.9 Å². The minimum Gasteiger partial charge on any atom is -0.500 e. The Hall–Kier alpha value is -2.16. The first-order valence-corrected chi connectivity index (χ1v) is 8.53. The summed E-state index contributed by atoms with van der Waals surface area (Å²) in [5.41, 5.74) is 0.418. The first-order valence-electron chi connectivity index (χ1n) is 7.65. The summed E-state index contributed by atoms with van der Waals surface area (Å²) < 4.78 is 5.15. The zero-order valence-electron chi connectivity index (χ0n) is 13.3. The number of benzene rings is 1.